The highest BCUT2D eigenvalue weighted by Crippen LogP contribution is 2.43. The number of likely N-dealkylation sites (N-methyl/N-ethyl adjacent to an activating group) is 1. The highest BCUT2D eigenvalue weighted by atomic mass is 19.3. The van der Waals surface area contributed by atoms with Gasteiger partial charge in [0, 0.05) is 12.6 Å². The van der Waals surface area contributed by atoms with Crippen LogP contribution in [0, 0.1) is 0 Å². The molecular formula is C14H15F2N3O5. The fourth-order valence-corrected chi connectivity index (χ4v) is 2.17. The zero-order chi connectivity index (χ0) is 17.9. The van der Waals surface area contributed by atoms with Crippen LogP contribution in [0.1, 0.15) is 12.0 Å². The van der Waals surface area contributed by atoms with Gasteiger partial charge >= 0.3 is 6.29 Å². The number of hydrogen-bond donors (Lipinski definition) is 3. The third-order valence-corrected chi connectivity index (χ3v) is 3.16. The molecule has 1 aliphatic heterocycles. The van der Waals surface area contributed by atoms with Crippen molar-refractivity contribution in [2.45, 2.75) is 25.2 Å². The standard InChI is InChI=1S/C14H15F2N3O5/c1-18-13(22)8(6-10(17)20)19-11(21)5-7-3-2-4-9-12(7)24-14(15,16)23-9/h2-4,8H,5-6H2,1H3,(H2,17,20)(H,18,22)(H,19,21)/t8-/m0/s1. The smallest absolute Gasteiger partial charge is 0.395 e. The zero-order valence-corrected chi connectivity index (χ0v) is 12.6. The minimum Gasteiger partial charge on any atom is -0.395 e. The summed E-state index contributed by atoms with van der Waals surface area (Å²) < 4.78 is 34.9. The average molecular weight is 343 g/mol. The molecule has 0 unspecified atom stereocenters. The number of nitrogens with two attached hydrogens (primary N) is 1. The molecule has 0 saturated carbocycles. The Bertz CT molecular complexity index is 680. The van der Waals surface area contributed by atoms with E-state index in [2.05, 4.69) is 20.1 Å². The molecule has 1 atom stereocenters. The quantitative estimate of drug-likeness (QED) is 0.653. The second-order valence-electron chi connectivity index (χ2n) is 4.99. The largest absolute Gasteiger partial charge is 0.586 e. The van der Waals surface area contributed by atoms with Gasteiger partial charge in [-0.2, -0.15) is 0 Å². The summed E-state index contributed by atoms with van der Waals surface area (Å²) in [5.74, 6) is -2.49. The molecule has 0 aliphatic carbocycles. The maximum Gasteiger partial charge on any atom is 0.586 e. The topological polar surface area (TPSA) is 120 Å². The van der Waals surface area contributed by atoms with Crippen molar-refractivity contribution in [1.82, 2.24) is 10.6 Å². The van der Waals surface area contributed by atoms with Gasteiger partial charge in [0.05, 0.1) is 12.8 Å². The molecule has 1 aromatic rings. The van der Waals surface area contributed by atoms with E-state index in [0.717, 1.165) is 0 Å². The number of carbonyl (C=O) groups excluding carboxylic acids is 3. The van der Waals surface area contributed by atoms with Crippen molar-refractivity contribution in [2.24, 2.45) is 5.73 Å². The fraction of sp³-hybridized carbons (Fsp3) is 0.357. The first-order valence-corrected chi connectivity index (χ1v) is 6.89. The number of ether oxygens (including phenoxy) is 2. The van der Waals surface area contributed by atoms with E-state index in [4.69, 9.17) is 5.73 Å². The van der Waals surface area contributed by atoms with Crippen LogP contribution >= 0.6 is 0 Å². The molecule has 3 amide bonds. The van der Waals surface area contributed by atoms with Gasteiger partial charge in [-0.3, -0.25) is 14.4 Å². The number of fused-ring (bicyclic) bond motifs is 1. The molecule has 0 bridgehead atoms. The Morgan fingerprint density at radius 3 is 2.62 bits per heavy atom. The first-order chi connectivity index (χ1) is 11.2. The van der Waals surface area contributed by atoms with E-state index >= 15 is 0 Å². The van der Waals surface area contributed by atoms with Gasteiger partial charge < -0.3 is 25.8 Å². The third kappa shape index (κ3) is 4.09. The number of nitrogens with one attached hydrogen (secondary N) is 2. The number of amides is 3. The molecule has 1 heterocycles. The fourth-order valence-electron chi connectivity index (χ4n) is 2.17. The van der Waals surface area contributed by atoms with Gasteiger partial charge in [-0.25, -0.2) is 0 Å². The van der Waals surface area contributed by atoms with E-state index in [0.29, 0.717) is 0 Å². The molecule has 2 rings (SSSR count). The molecule has 0 spiro atoms. The van der Waals surface area contributed by atoms with Gasteiger partial charge in [-0.15, -0.1) is 8.78 Å². The van der Waals surface area contributed by atoms with Crippen LogP contribution < -0.4 is 25.8 Å². The SMILES string of the molecule is CNC(=O)[C@H](CC(N)=O)NC(=O)Cc1cccc2c1OC(F)(F)O2. The summed E-state index contributed by atoms with van der Waals surface area (Å²) in [6, 6.07) is 2.95. The van der Waals surface area contributed by atoms with Crippen molar-refractivity contribution < 1.29 is 32.6 Å². The summed E-state index contributed by atoms with van der Waals surface area (Å²) in [7, 11) is 1.33. The van der Waals surface area contributed by atoms with Gasteiger partial charge in [0.2, 0.25) is 17.7 Å². The van der Waals surface area contributed by atoms with Crippen molar-refractivity contribution in [3.63, 3.8) is 0 Å². The summed E-state index contributed by atoms with van der Waals surface area (Å²) in [4.78, 5) is 34.7. The first kappa shape index (κ1) is 17.4. The highest BCUT2D eigenvalue weighted by molar-refractivity contribution is 5.92. The number of hydrogen-bond acceptors (Lipinski definition) is 5. The van der Waals surface area contributed by atoms with Crippen molar-refractivity contribution >= 4 is 17.7 Å². The van der Waals surface area contributed by atoms with Gasteiger partial charge in [0.1, 0.15) is 6.04 Å². The Balaban J connectivity index is 2.09. The monoisotopic (exact) mass is 343 g/mol. The van der Waals surface area contributed by atoms with Crippen molar-refractivity contribution in [3.8, 4) is 11.5 Å². The molecule has 0 aromatic heterocycles. The number of alkyl halides is 2. The molecular weight excluding hydrogens is 328 g/mol. The lowest BCUT2D eigenvalue weighted by atomic mass is 10.1. The van der Waals surface area contributed by atoms with E-state index in [1.807, 2.05) is 0 Å². The number of benzene rings is 1. The predicted octanol–water partition coefficient (Wildman–Crippen LogP) is -0.343. The number of para-hydroxylation sites is 1. The summed E-state index contributed by atoms with van der Waals surface area (Å²) in [5, 5.41) is 4.61. The lowest BCUT2D eigenvalue weighted by molar-refractivity contribution is -0.287. The molecule has 0 fully saturated rings. The zero-order valence-electron chi connectivity index (χ0n) is 12.6. The molecule has 24 heavy (non-hydrogen) atoms. The number of primary amides is 1. The van der Waals surface area contributed by atoms with Crippen LogP contribution in [-0.4, -0.2) is 37.1 Å². The maximum absolute atomic E-state index is 13.1. The van der Waals surface area contributed by atoms with Crippen LogP contribution in [0.15, 0.2) is 18.2 Å². The average Bonchev–Trinajstić information content (AvgIpc) is 2.80. The molecule has 0 radical (unpaired) electrons. The van der Waals surface area contributed by atoms with Gasteiger partial charge in [0.25, 0.3) is 0 Å². The molecule has 130 valence electrons. The van der Waals surface area contributed by atoms with Crippen LogP contribution in [-0.2, 0) is 20.8 Å². The second kappa shape index (κ2) is 6.69. The van der Waals surface area contributed by atoms with E-state index in [-0.39, 0.29) is 23.5 Å². The lowest BCUT2D eigenvalue weighted by Crippen LogP contribution is -2.48. The van der Waals surface area contributed by atoms with Crippen LogP contribution in [0.2, 0.25) is 0 Å². The molecule has 1 aliphatic rings. The third-order valence-electron chi connectivity index (χ3n) is 3.16. The Kier molecular flexibility index (Phi) is 4.86. The normalized spacial score (nSPS) is 15.5. The molecule has 4 N–H and O–H groups in total. The van der Waals surface area contributed by atoms with Crippen molar-refractivity contribution in [1.29, 1.82) is 0 Å². The van der Waals surface area contributed by atoms with Crippen molar-refractivity contribution in [3.05, 3.63) is 23.8 Å². The van der Waals surface area contributed by atoms with E-state index in [9.17, 15) is 23.2 Å². The molecule has 8 nitrogen and oxygen atoms in total. The Labute approximate surface area is 135 Å². The summed E-state index contributed by atoms with van der Waals surface area (Å²) in [5.41, 5.74) is 5.18. The van der Waals surface area contributed by atoms with Gasteiger partial charge in [0.15, 0.2) is 11.5 Å². The van der Waals surface area contributed by atoms with Crippen molar-refractivity contribution in [2.75, 3.05) is 7.05 Å². The Morgan fingerprint density at radius 1 is 1.29 bits per heavy atom. The minimum absolute atomic E-state index is 0.150. The Morgan fingerprint density at radius 2 is 2.00 bits per heavy atom. The highest BCUT2D eigenvalue weighted by Gasteiger charge is 2.44. The van der Waals surface area contributed by atoms with E-state index in [1.54, 1.807) is 0 Å². The van der Waals surface area contributed by atoms with Gasteiger partial charge in [-0.05, 0) is 6.07 Å². The van der Waals surface area contributed by atoms with Crippen LogP contribution in [0.3, 0.4) is 0 Å². The molecule has 10 heteroatoms. The lowest BCUT2D eigenvalue weighted by Gasteiger charge is -2.16. The Hall–Kier alpha value is -2.91. The summed E-state index contributed by atoms with van der Waals surface area (Å²) in [6.45, 7) is 0. The predicted molar refractivity (Wildman–Crippen MR) is 76.2 cm³/mol. The number of halogens is 2. The minimum atomic E-state index is -3.80. The molecule has 1 aromatic carbocycles. The van der Waals surface area contributed by atoms with E-state index < -0.39 is 36.5 Å². The number of rotatable bonds is 6. The van der Waals surface area contributed by atoms with Gasteiger partial charge in [-0.1, -0.05) is 12.1 Å². The van der Waals surface area contributed by atoms with Crippen LogP contribution in [0.4, 0.5) is 8.78 Å². The van der Waals surface area contributed by atoms with E-state index in [1.165, 1.54) is 25.2 Å². The summed E-state index contributed by atoms with van der Waals surface area (Å²) >= 11 is 0. The first-order valence-electron chi connectivity index (χ1n) is 6.89. The second-order valence-corrected chi connectivity index (χ2v) is 4.99. The number of carbonyl (C=O) groups is 3. The summed E-state index contributed by atoms with van der Waals surface area (Å²) in [6.07, 6.45) is -4.55. The van der Waals surface area contributed by atoms with Crippen LogP contribution in [0.25, 0.3) is 0 Å². The molecule has 0 saturated heterocycles. The van der Waals surface area contributed by atoms with Crippen LogP contribution in [0.5, 0.6) is 11.5 Å². The maximum atomic E-state index is 13.1.